The Balaban J connectivity index is 1.40. The Morgan fingerprint density at radius 1 is 1.07 bits per heavy atom. The molecule has 0 unspecified atom stereocenters. The molecule has 3 heterocycles. The lowest BCUT2D eigenvalue weighted by Crippen LogP contribution is -2.42. The van der Waals surface area contributed by atoms with Crippen molar-refractivity contribution in [2.75, 3.05) is 24.6 Å². The summed E-state index contributed by atoms with van der Waals surface area (Å²) in [6.45, 7) is 1.91. The first kappa shape index (κ1) is 18.4. The number of primary amides is 1. The number of rotatable bonds is 4. The van der Waals surface area contributed by atoms with E-state index >= 15 is 0 Å². The number of amides is 2. The van der Waals surface area contributed by atoms with Gasteiger partial charge in [0.15, 0.2) is 0 Å². The number of piperidine rings is 1. The molecule has 0 bridgehead atoms. The molecule has 2 fully saturated rings. The maximum Gasteiger partial charge on any atom is 0.267 e. The average Bonchev–Trinajstić information content (AvgIpc) is 3.24. The third-order valence-electron chi connectivity index (χ3n) is 5.38. The molecule has 2 aliphatic heterocycles. The first-order valence-corrected chi connectivity index (χ1v) is 9.51. The van der Waals surface area contributed by atoms with Gasteiger partial charge < -0.3 is 10.6 Å². The van der Waals surface area contributed by atoms with Crippen molar-refractivity contribution in [3.05, 3.63) is 54.0 Å². The van der Waals surface area contributed by atoms with Crippen molar-refractivity contribution in [2.45, 2.75) is 25.3 Å². The summed E-state index contributed by atoms with van der Waals surface area (Å²) in [4.78, 5) is 40.2. The zero-order valence-electron chi connectivity index (χ0n) is 15.5. The first-order valence-electron chi connectivity index (χ1n) is 9.51. The van der Waals surface area contributed by atoms with E-state index in [9.17, 15) is 9.59 Å². The number of hydrogen-bond donors (Lipinski definition) is 1. The minimum absolute atomic E-state index is 0.0216. The summed E-state index contributed by atoms with van der Waals surface area (Å²) in [6.07, 6.45) is 3.56. The number of nitrogens with zero attached hydrogens (tertiary/aromatic N) is 4. The molecule has 0 aliphatic carbocycles. The molecule has 146 valence electrons. The molecule has 1 aromatic heterocycles. The van der Waals surface area contributed by atoms with Gasteiger partial charge in [-0.2, -0.15) is 0 Å². The monoisotopic (exact) mass is 381 g/mol. The van der Waals surface area contributed by atoms with Gasteiger partial charge in [-0.25, -0.2) is 15.0 Å². The fourth-order valence-corrected chi connectivity index (χ4v) is 3.85. The zero-order chi connectivity index (χ0) is 19.5. The third kappa shape index (κ3) is 3.68. The lowest BCUT2D eigenvalue weighted by Gasteiger charge is -2.34. The number of hydrogen-bond acceptors (Lipinski definition) is 6. The van der Waals surface area contributed by atoms with E-state index in [4.69, 9.17) is 10.6 Å². The maximum atomic E-state index is 13.1. The van der Waals surface area contributed by atoms with Crippen LogP contribution < -0.4 is 10.6 Å². The fourth-order valence-electron chi connectivity index (χ4n) is 3.85. The van der Waals surface area contributed by atoms with Crippen LogP contribution in [0.5, 0.6) is 0 Å². The van der Waals surface area contributed by atoms with Crippen LogP contribution in [0.1, 0.15) is 41.4 Å². The summed E-state index contributed by atoms with van der Waals surface area (Å²) in [7, 11) is 0. The number of anilines is 1. The Hall–Kier alpha value is -3.00. The molecule has 0 saturated carbocycles. The number of nitrogens with two attached hydrogens (primary N) is 1. The number of aromatic nitrogens is 2. The quantitative estimate of drug-likeness (QED) is 0.865. The fraction of sp³-hybridized carbons (Fsp3) is 0.400. The van der Waals surface area contributed by atoms with Gasteiger partial charge in [0.05, 0.1) is 12.6 Å². The molecule has 2 amide bonds. The lowest BCUT2D eigenvalue weighted by atomic mass is 9.94. The predicted molar refractivity (Wildman–Crippen MR) is 102 cm³/mol. The number of carbonyl (C=O) groups excluding carboxylic acids is 2. The Labute approximate surface area is 163 Å². The smallest absolute Gasteiger partial charge is 0.267 e. The molecule has 1 aromatic carbocycles. The van der Waals surface area contributed by atoms with Gasteiger partial charge in [0.2, 0.25) is 5.91 Å². The highest BCUT2D eigenvalue weighted by Crippen LogP contribution is 2.33. The summed E-state index contributed by atoms with van der Waals surface area (Å²) in [5.41, 5.74) is 6.59. The summed E-state index contributed by atoms with van der Waals surface area (Å²) < 4.78 is 0. The predicted octanol–water partition coefficient (Wildman–Crippen LogP) is 1.70. The molecule has 2 aliphatic rings. The van der Waals surface area contributed by atoms with E-state index in [-0.39, 0.29) is 23.6 Å². The van der Waals surface area contributed by atoms with Gasteiger partial charge in [0, 0.05) is 31.5 Å². The van der Waals surface area contributed by atoms with E-state index in [0.29, 0.717) is 38.4 Å². The van der Waals surface area contributed by atoms with Crippen LogP contribution in [0.25, 0.3) is 0 Å². The molecule has 2 saturated heterocycles. The minimum atomic E-state index is -0.577. The summed E-state index contributed by atoms with van der Waals surface area (Å²) >= 11 is 0. The van der Waals surface area contributed by atoms with Crippen LogP contribution in [0.3, 0.4) is 0 Å². The van der Waals surface area contributed by atoms with Gasteiger partial charge in [-0.1, -0.05) is 30.3 Å². The van der Waals surface area contributed by atoms with Crippen molar-refractivity contribution in [1.82, 2.24) is 15.0 Å². The van der Waals surface area contributed by atoms with Gasteiger partial charge in [0.25, 0.3) is 5.91 Å². The van der Waals surface area contributed by atoms with Crippen LogP contribution in [0, 0.1) is 5.92 Å². The van der Waals surface area contributed by atoms with E-state index < -0.39 is 5.91 Å². The van der Waals surface area contributed by atoms with Crippen molar-refractivity contribution in [3.8, 4) is 0 Å². The second-order valence-corrected chi connectivity index (χ2v) is 7.10. The van der Waals surface area contributed by atoms with Crippen molar-refractivity contribution >= 4 is 17.6 Å². The summed E-state index contributed by atoms with van der Waals surface area (Å²) in [6, 6.07) is 11.6. The van der Waals surface area contributed by atoms with Crippen LogP contribution >= 0.6 is 0 Å². The van der Waals surface area contributed by atoms with Gasteiger partial charge in [-0.05, 0) is 18.4 Å². The van der Waals surface area contributed by atoms with E-state index in [1.807, 2.05) is 30.3 Å². The topological polar surface area (TPSA) is 102 Å². The van der Waals surface area contributed by atoms with Crippen molar-refractivity contribution in [3.63, 3.8) is 0 Å². The Morgan fingerprint density at radius 3 is 2.54 bits per heavy atom. The van der Waals surface area contributed by atoms with Crippen LogP contribution in [0.4, 0.5) is 5.82 Å². The standard InChI is InChI=1S/C20H23N5O3/c21-19(26)16-12-18(23-13-22-16)24-9-6-15(7-10-24)20(27)25-17(8-11-28-25)14-4-2-1-3-5-14/h1-5,12-13,15,17H,6-11H2,(H2,21,26)/t17-/m0/s1. The van der Waals surface area contributed by atoms with E-state index in [1.165, 1.54) is 6.33 Å². The molecule has 0 radical (unpaired) electrons. The van der Waals surface area contributed by atoms with Crippen LogP contribution in [-0.2, 0) is 9.63 Å². The molecule has 0 spiro atoms. The van der Waals surface area contributed by atoms with E-state index in [2.05, 4.69) is 14.9 Å². The van der Waals surface area contributed by atoms with Gasteiger partial charge in [-0.15, -0.1) is 0 Å². The van der Waals surface area contributed by atoms with Crippen LogP contribution in [0.2, 0.25) is 0 Å². The highest BCUT2D eigenvalue weighted by molar-refractivity contribution is 5.91. The highest BCUT2D eigenvalue weighted by atomic mass is 16.7. The first-order chi connectivity index (χ1) is 13.6. The number of hydroxylamine groups is 2. The van der Waals surface area contributed by atoms with Crippen LogP contribution in [0.15, 0.2) is 42.7 Å². The molecule has 2 aromatic rings. The third-order valence-corrected chi connectivity index (χ3v) is 5.38. The molecule has 1 atom stereocenters. The van der Waals surface area contributed by atoms with Gasteiger partial charge >= 0.3 is 0 Å². The molecule has 28 heavy (non-hydrogen) atoms. The number of benzene rings is 1. The molecule has 8 heteroatoms. The van der Waals surface area contributed by atoms with Crippen molar-refractivity contribution in [2.24, 2.45) is 11.7 Å². The van der Waals surface area contributed by atoms with Gasteiger partial charge in [0.1, 0.15) is 17.8 Å². The highest BCUT2D eigenvalue weighted by Gasteiger charge is 2.37. The number of carbonyl (C=O) groups is 2. The maximum absolute atomic E-state index is 13.1. The Morgan fingerprint density at radius 2 is 1.82 bits per heavy atom. The second kappa shape index (κ2) is 7.93. The van der Waals surface area contributed by atoms with Crippen LogP contribution in [-0.4, -0.2) is 46.5 Å². The molecule has 2 N–H and O–H groups in total. The second-order valence-electron chi connectivity index (χ2n) is 7.10. The Kier molecular flexibility index (Phi) is 5.21. The lowest BCUT2D eigenvalue weighted by molar-refractivity contribution is -0.182. The summed E-state index contributed by atoms with van der Waals surface area (Å²) in [5.74, 6) is 0.0469. The van der Waals surface area contributed by atoms with Crippen molar-refractivity contribution < 1.29 is 14.4 Å². The largest absolute Gasteiger partial charge is 0.364 e. The molecular weight excluding hydrogens is 358 g/mol. The zero-order valence-corrected chi connectivity index (χ0v) is 15.5. The van der Waals surface area contributed by atoms with E-state index in [1.54, 1.807) is 11.1 Å². The van der Waals surface area contributed by atoms with Crippen molar-refractivity contribution in [1.29, 1.82) is 0 Å². The Bertz CT molecular complexity index is 852. The molecular formula is C20H23N5O3. The SMILES string of the molecule is NC(=O)c1cc(N2CCC(C(=O)N3OCC[C@H]3c3ccccc3)CC2)ncn1. The normalized spacial score (nSPS) is 20.4. The molecule has 4 rings (SSSR count). The average molecular weight is 381 g/mol. The molecule has 8 nitrogen and oxygen atoms in total. The van der Waals surface area contributed by atoms with E-state index in [0.717, 1.165) is 12.0 Å². The minimum Gasteiger partial charge on any atom is -0.364 e. The van der Waals surface area contributed by atoms with Gasteiger partial charge in [-0.3, -0.25) is 14.4 Å². The summed E-state index contributed by atoms with van der Waals surface area (Å²) in [5, 5.41) is 1.57.